The van der Waals surface area contributed by atoms with Gasteiger partial charge in [0.05, 0.1) is 5.75 Å². The topological polar surface area (TPSA) is 20.3 Å². The first-order valence-corrected chi connectivity index (χ1v) is 5.69. The van der Waals surface area contributed by atoms with Gasteiger partial charge in [0, 0.05) is 13.1 Å². The summed E-state index contributed by atoms with van der Waals surface area (Å²) in [6.45, 7) is 6.03. The van der Waals surface area contributed by atoms with Crippen molar-refractivity contribution in [2.24, 2.45) is 0 Å². The summed E-state index contributed by atoms with van der Waals surface area (Å²) in [7, 11) is 0. The third kappa shape index (κ3) is 5.97. The molecule has 0 heterocycles. The molecule has 77 valence electrons. The van der Waals surface area contributed by atoms with E-state index in [1.54, 1.807) is 0 Å². The summed E-state index contributed by atoms with van der Waals surface area (Å²) in [5, 5.41) is 0. The first-order chi connectivity index (χ1) is 6.26. The maximum Gasteiger partial charge on any atom is 0.233 e. The van der Waals surface area contributed by atoms with E-state index in [-0.39, 0.29) is 11.7 Å². The van der Waals surface area contributed by atoms with E-state index in [1.165, 1.54) is 0 Å². The predicted molar refractivity (Wildman–Crippen MR) is 58.9 cm³/mol. The van der Waals surface area contributed by atoms with E-state index in [2.05, 4.69) is 13.8 Å². The largest absolute Gasteiger partial charge is 0.342 e. The molecule has 0 aliphatic carbocycles. The number of hydrogen-bond acceptors (Lipinski definition) is 1. The Kier molecular flexibility index (Phi) is 8.30. The van der Waals surface area contributed by atoms with Gasteiger partial charge in [0.1, 0.15) is 0 Å². The molecule has 0 atom stereocenters. The molecule has 1 radical (unpaired) electrons. The average molecular weight is 202 g/mol. The normalized spacial score (nSPS) is 10.1. The molecule has 3 heteroatoms. The number of rotatable bonds is 7. The second kappa shape index (κ2) is 8.42. The smallest absolute Gasteiger partial charge is 0.233 e. The molecule has 0 N–H and O–H groups in total. The molecule has 2 nitrogen and oxygen atoms in total. The third-order valence-corrected chi connectivity index (χ3v) is 2.29. The second-order valence-corrected chi connectivity index (χ2v) is 3.52. The zero-order valence-electron chi connectivity index (χ0n) is 8.71. The van der Waals surface area contributed by atoms with E-state index >= 15 is 0 Å². The maximum atomic E-state index is 11.3. The predicted octanol–water partition coefficient (Wildman–Crippen LogP) is 2.61. The standard InChI is InChI=1S/C10H20NOS/c1-3-5-7-11(8-6-4-2)10(12)9-13/h3-9H2,1-2H3. The van der Waals surface area contributed by atoms with Crippen molar-refractivity contribution >= 4 is 18.5 Å². The fraction of sp³-hybridized carbons (Fsp3) is 0.900. The summed E-state index contributed by atoms with van der Waals surface area (Å²) in [5.41, 5.74) is 0. The molecule has 0 bridgehead atoms. The number of nitrogens with zero attached hydrogens (tertiary/aromatic N) is 1. The average Bonchev–Trinajstić information content (AvgIpc) is 2.17. The van der Waals surface area contributed by atoms with Crippen LogP contribution < -0.4 is 0 Å². The van der Waals surface area contributed by atoms with Crippen molar-refractivity contribution in [1.29, 1.82) is 0 Å². The van der Waals surface area contributed by atoms with Crippen LogP contribution >= 0.6 is 12.6 Å². The number of unbranched alkanes of at least 4 members (excludes halogenated alkanes) is 2. The highest BCUT2D eigenvalue weighted by Crippen LogP contribution is 2.00. The molecule has 0 aliphatic rings. The van der Waals surface area contributed by atoms with E-state index < -0.39 is 0 Å². The van der Waals surface area contributed by atoms with Gasteiger partial charge in [-0.1, -0.05) is 39.3 Å². The minimum Gasteiger partial charge on any atom is -0.342 e. The van der Waals surface area contributed by atoms with Gasteiger partial charge < -0.3 is 4.90 Å². The van der Waals surface area contributed by atoms with Gasteiger partial charge in [-0.3, -0.25) is 4.79 Å². The molecule has 0 saturated heterocycles. The van der Waals surface area contributed by atoms with E-state index in [4.69, 9.17) is 12.6 Å². The Morgan fingerprint density at radius 2 is 1.62 bits per heavy atom. The highest BCUT2D eigenvalue weighted by Gasteiger charge is 2.09. The monoisotopic (exact) mass is 202 g/mol. The van der Waals surface area contributed by atoms with Crippen LogP contribution in [-0.2, 0) is 4.79 Å². The van der Waals surface area contributed by atoms with Gasteiger partial charge in [-0.25, -0.2) is 0 Å². The zero-order valence-corrected chi connectivity index (χ0v) is 9.53. The van der Waals surface area contributed by atoms with E-state index in [1.807, 2.05) is 4.90 Å². The summed E-state index contributed by atoms with van der Waals surface area (Å²) in [5.74, 6) is 0.352. The molecule has 0 saturated carbocycles. The Balaban J connectivity index is 3.79. The quantitative estimate of drug-likeness (QED) is 0.621. The zero-order chi connectivity index (χ0) is 10.1. The van der Waals surface area contributed by atoms with Crippen LogP contribution in [0, 0.1) is 0 Å². The van der Waals surface area contributed by atoms with Gasteiger partial charge in [0.2, 0.25) is 5.91 Å². The fourth-order valence-electron chi connectivity index (χ4n) is 1.15. The number of amides is 1. The minimum atomic E-state index is 0.122. The van der Waals surface area contributed by atoms with Crippen molar-refractivity contribution in [1.82, 2.24) is 4.90 Å². The van der Waals surface area contributed by atoms with E-state index in [0.717, 1.165) is 38.8 Å². The highest BCUT2D eigenvalue weighted by molar-refractivity contribution is 7.81. The molecule has 1 amide bonds. The Hall–Kier alpha value is -0.180. The lowest BCUT2D eigenvalue weighted by molar-refractivity contribution is -0.128. The SMILES string of the molecule is CCCCN(CCCC)C(=O)C[S]. The van der Waals surface area contributed by atoms with Crippen molar-refractivity contribution in [2.45, 2.75) is 39.5 Å². The van der Waals surface area contributed by atoms with Gasteiger partial charge >= 0.3 is 0 Å². The van der Waals surface area contributed by atoms with Gasteiger partial charge in [0.25, 0.3) is 0 Å². The molecule has 0 unspecified atom stereocenters. The van der Waals surface area contributed by atoms with Gasteiger partial charge in [0.15, 0.2) is 0 Å². The number of carbonyl (C=O) groups excluding carboxylic acids is 1. The lowest BCUT2D eigenvalue weighted by Crippen LogP contribution is -2.33. The van der Waals surface area contributed by atoms with Crippen LogP contribution in [0.15, 0.2) is 0 Å². The van der Waals surface area contributed by atoms with Crippen LogP contribution in [0.1, 0.15) is 39.5 Å². The molecule has 0 aromatic carbocycles. The molecule has 0 rings (SSSR count). The molecule has 0 aliphatic heterocycles. The fourth-order valence-corrected chi connectivity index (χ4v) is 1.33. The molecule has 0 aromatic heterocycles. The Morgan fingerprint density at radius 1 is 1.15 bits per heavy atom. The molecular formula is C10H20NOS. The molecule has 0 aromatic rings. The minimum absolute atomic E-state index is 0.122. The van der Waals surface area contributed by atoms with Crippen LogP contribution in [0.2, 0.25) is 0 Å². The molecule has 0 spiro atoms. The van der Waals surface area contributed by atoms with Crippen molar-refractivity contribution in [2.75, 3.05) is 18.8 Å². The number of carbonyl (C=O) groups is 1. The molecule has 13 heavy (non-hydrogen) atoms. The first-order valence-electron chi connectivity index (χ1n) is 5.12. The van der Waals surface area contributed by atoms with Crippen molar-refractivity contribution in [3.8, 4) is 0 Å². The Bertz CT molecular complexity index is 131. The van der Waals surface area contributed by atoms with Gasteiger partial charge in [-0.05, 0) is 12.8 Å². The lowest BCUT2D eigenvalue weighted by atomic mass is 10.2. The van der Waals surface area contributed by atoms with Crippen molar-refractivity contribution in [3.05, 3.63) is 0 Å². The second-order valence-electron chi connectivity index (χ2n) is 3.23. The first kappa shape index (κ1) is 12.8. The summed E-state index contributed by atoms with van der Waals surface area (Å²) < 4.78 is 0. The van der Waals surface area contributed by atoms with Crippen LogP contribution in [0.5, 0.6) is 0 Å². The van der Waals surface area contributed by atoms with Crippen LogP contribution in [0.25, 0.3) is 0 Å². The third-order valence-electron chi connectivity index (χ3n) is 2.04. The van der Waals surface area contributed by atoms with Crippen LogP contribution in [-0.4, -0.2) is 29.6 Å². The van der Waals surface area contributed by atoms with E-state index in [9.17, 15) is 4.79 Å². The van der Waals surface area contributed by atoms with E-state index in [0.29, 0.717) is 0 Å². The number of hydrogen-bond donors (Lipinski definition) is 0. The lowest BCUT2D eigenvalue weighted by Gasteiger charge is -2.21. The van der Waals surface area contributed by atoms with Crippen molar-refractivity contribution < 1.29 is 4.79 Å². The Labute approximate surface area is 87.1 Å². The summed E-state index contributed by atoms with van der Waals surface area (Å²) in [6.07, 6.45) is 4.44. The summed E-state index contributed by atoms with van der Waals surface area (Å²) in [6, 6.07) is 0. The van der Waals surface area contributed by atoms with Gasteiger partial charge in [-0.15, -0.1) is 0 Å². The maximum absolute atomic E-state index is 11.3. The molecule has 0 fully saturated rings. The van der Waals surface area contributed by atoms with Crippen LogP contribution in [0.3, 0.4) is 0 Å². The highest BCUT2D eigenvalue weighted by atomic mass is 32.1. The summed E-state index contributed by atoms with van der Waals surface area (Å²) >= 11 is 4.76. The van der Waals surface area contributed by atoms with Crippen molar-refractivity contribution in [3.63, 3.8) is 0 Å². The Morgan fingerprint density at radius 3 is 1.92 bits per heavy atom. The van der Waals surface area contributed by atoms with Crippen LogP contribution in [0.4, 0.5) is 0 Å². The molecular weight excluding hydrogens is 182 g/mol. The van der Waals surface area contributed by atoms with Gasteiger partial charge in [-0.2, -0.15) is 0 Å². The summed E-state index contributed by atoms with van der Waals surface area (Å²) in [4.78, 5) is 13.2.